The average Bonchev–Trinajstić information content (AvgIpc) is 3.15. The normalized spacial score (nSPS) is 10.5. The molecular weight excluding hydrogens is 366 g/mol. The number of nitrogens with zero attached hydrogens (tertiary/aromatic N) is 3. The second-order valence-electron chi connectivity index (χ2n) is 5.40. The molecule has 1 aromatic heterocycles. The van der Waals surface area contributed by atoms with Crippen LogP contribution in [0, 0.1) is 0 Å². The van der Waals surface area contributed by atoms with Crippen molar-refractivity contribution in [3.05, 3.63) is 48.5 Å². The summed E-state index contributed by atoms with van der Waals surface area (Å²) in [4.78, 5) is 11.6. The van der Waals surface area contributed by atoms with Crippen molar-refractivity contribution < 1.29 is 19.0 Å². The standard InChI is InChI=1S/C19H19N3O4S/c1-24-14-10-8-13(9-11-14)22-18(15-6-4-5-7-16(15)25-2)20-21-19(22)27-12-17(23)26-3/h4-11H,12H2,1-3H3. The molecule has 8 heteroatoms. The minimum atomic E-state index is -0.330. The van der Waals surface area contributed by atoms with Gasteiger partial charge in [0.2, 0.25) is 0 Å². The first-order valence-corrected chi connectivity index (χ1v) is 9.09. The van der Waals surface area contributed by atoms with Crippen LogP contribution >= 0.6 is 11.8 Å². The summed E-state index contributed by atoms with van der Waals surface area (Å²) in [5.41, 5.74) is 1.64. The van der Waals surface area contributed by atoms with Gasteiger partial charge in [0.15, 0.2) is 11.0 Å². The van der Waals surface area contributed by atoms with E-state index in [0.29, 0.717) is 16.7 Å². The summed E-state index contributed by atoms with van der Waals surface area (Å²) >= 11 is 1.26. The van der Waals surface area contributed by atoms with Gasteiger partial charge in [-0.05, 0) is 36.4 Å². The van der Waals surface area contributed by atoms with E-state index < -0.39 is 0 Å². The lowest BCUT2D eigenvalue weighted by atomic mass is 10.2. The molecule has 0 amide bonds. The zero-order chi connectivity index (χ0) is 19.2. The van der Waals surface area contributed by atoms with Crippen LogP contribution in [0.15, 0.2) is 53.7 Å². The molecule has 27 heavy (non-hydrogen) atoms. The minimum absolute atomic E-state index is 0.136. The summed E-state index contributed by atoms with van der Waals surface area (Å²) in [5, 5.41) is 9.20. The molecule has 1 heterocycles. The maximum atomic E-state index is 11.6. The van der Waals surface area contributed by atoms with Gasteiger partial charge in [0.05, 0.1) is 38.3 Å². The van der Waals surface area contributed by atoms with Gasteiger partial charge in [-0.3, -0.25) is 9.36 Å². The summed E-state index contributed by atoms with van der Waals surface area (Å²) in [6.45, 7) is 0. The van der Waals surface area contributed by atoms with E-state index in [0.717, 1.165) is 17.0 Å². The van der Waals surface area contributed by atoms with E-state index in [9.17, 15) is 4.79 Å². The van der Waals surface area contributed by atoms with Gasteiger partial charge in [-0.2, -0.15) is 0 Å². The molecule has 3 rings (SSSR count). The highest BCUT2D eigenvalue weighted by Crippen LogP contribution is 2.33. The smallest absolute Gasteiger partial charge is 0.316 e. The fourth-order valence-corrected chi connectivity index (χ4v) is 3.30. The van der Waals surface area contributed by atoms with Crippen LogP contribution in [0.25, 0.3) is 17.1 Å². The van der Waals surface area contributed by atoms with E-state index >= 15 is 0 Å². The number of hydrogen-bond acceptors (Lipinski definition) is 7. The molecule has 0 aliphatic rings. The van der Waals surface area contributed by atoms with Crippen molar-refractivity contribution in [3.8, 4) is 28.6 Å². The molecule has 0 N–H and O–H groups in total. The van der Waals surface area contributed by atoms with Crippen molar-refractivity contribution in [1.29, 1.82) is 0 Å². The molecule has 7 nitrogen and oxygen atoms in total. The van der Waals surface area contributed by atoms with Gasteiger partial charge in [0.25, 0.3) is 0 Å². The van der Waals surface area contributed by atoms with Gasteiger partial charge in [0, 0.05) is 0 Å². The first kappa shape index (κ1) is 18.8. The molecular formula is C19H19N3O4S. The maximum absolute atomic E-state index is 11.6. The zero-order valence-corrected chi connectivity index (χ0v) is 16.0. The van der Waals surface area contributed by atoms with Crippen LogP contribution in [0.5, 0.6) is 11.5 Å². The fourth-order valence-electron chi connectivity index (χ4n) is 2.51. The van der Waals surface area contributed by atoms with Crippen molar-refractivity contribution in [2.24, 2.45) is 0 Å². The van der Waals surface area contributed by atoms with Crippen LogP contribution < -0.4 is 9.47 Å². The number of benzene rings is 2. The molecule has 140 valence electrons. The Bertz CT molecular complexity index is 925. The Hall–Kier alpha value is -3.00. The van der Waals surface area contributed by atoms with Crippen molar-refractivity contribution in [1.82, 2.24) is 14.8 Å². The van der Waals surface area contributed by atoms with Crippen molar-refractivity contribution in [2.75, 3.05) is 27.1 Å². The number of para-hydroxylation sites is 1. The van der Waals surface area contributed by atoms with Gasteiger partial charge < -0.3 is 14.2 Å². The van der Waals surface area contributed by atoms with Gasteiger partial charge >= 0.3 is 5.97 Å². The van der Waals surface area contributed by atoms with Crippen LogP contribution in [0.3, 0.4) is 0 Å². The topological polar surface area (TPSA) is 75.5 Å². The third kappa shape index (κ3) is 4.06. The SMILES string of the molecule is COC(=O)CSc1nnc(-c2ccccc2OC)n1-c1ccc(OC)cc1. The number of rotatable bonds is 7. The van der Waals surface area contributed by atoms with Crippen LogP contribution in [0.4, 0.5) is 0 Å². The number of thioether (sulfide) groups is 1. The lowest BCUT2D eigenvalue weighted by Gasteiger charge is -2.12. The summed E-state index contributed by atoms with van der Waals surface area (Å²) in [5.74, 6) is 1.85. The Morgan fingerprint density at radius 1 is 1.00 bits per heavy atom. The van der Waals surface area contributed by atoms with Crippen LogP contribution in [-0.2, 0) is 9.53 Å². The molecule has 0 unspecified atom stereocenters. The molecule has 3 aromatic rings. The average molecular weight is 385 g/mol. The maximum Gasteiger partial charge on any atom is 0.316 e. The monoisotopic (exact) mass is 385 g/mol. The van der Waals surface area contributed by atoms with Crippen molar-refractivity contribution >= 4 is 17.7 Å². The number of hydrogen-bond donors (Lipinski definition) is 0. The Labute approximate surface area is 161 Å². The molecule has 0 atom stereocenters. The molecule has 0 bridgehead atoms. The van der Waals surface area contributed by atoms with E-state index in [-0.39, 0.29) is 11.7 Å². The minimum Gasteiger partial charge on any atom is -0.497 e. The molecule has 0 radical (unpaired) electrons. The highest BCUT2D eigenvalue weighted by molar-refractivity contribution is 7.99. The third-order valence-electron chi connectivity index (χ3n) is 3.86. The molecule has 0 saturated heterocycles. The first-order chi connectivity index (χ1) is 13.2. The van der Waals surface area contributed by atoms with E-state index in [2.05, 4.69) is 10.2 Å². The van der Waals surface area contributed by atoms with Crippen LogP contribution in [0.1, 0.15) is 0 Å². The Balaban J connectivity index is 2.10. The number of ether oxygens (including phenoxy) is 3. The number of carbonyl (C=O) groups excluding carboxylic acids is 1. The predicted octanol–water partition coefficient (Wildman–Crippen LogP) is 3.22. The summed E-state index contributed by atoms with van der Waals surface area (Å²) in [7, 11) is 4.59. The largest absolute Gasteiger partial charge is 0.497 e. The van der Waals surface area contributed by atoms with Gasteiger partial charge in [-0.1, -0.05) is 23.9 Å². The highest BCUT2D eigenvalue weighted by Gasteiger charge is 2.19. The first-order valence-electron chi connectivity index (χ1n) is 8.10. The second kappa shape index (κ2) is 8.59. The number of carbonyl (C=O) groups is 1. The van der Waals surface area contributed by atoms with E-state index in [1.807, 2.05) is 53.1 Å². The number of esters is 1. The molecule has 0 fully saturated rings. The summed E-state index contributed by atoms with van der Waals surface area (Å²) in [6, 6.07) is 15.1. The zero-order valence-electron chi connectivity index (χ0n) is 15.2. The number of methoxy groups -OCH3 is 3. The molecule has 0 aliphatic heterocycles. The van der Waals surface area contributed by atoms with E-state index in [1.54, 1.807) is 14.2 Å². The Kier molecular flexibility index (Phi) is 5.97. The second-order valence-corrected chi connectivity index (χ2v) is 6.35. The van der Waals surface area contributed by atoms with Gasteiger partial charge in [-0.15, -0.1) is 10.2 Å². The lowest BCUT2D eigenvalue weighted by molar-refractivity contribution is -0.137. The molecule has 0 aliphatic carbocycles. The summed E-state index contributed by atoms with van der Waals surface area (Å²) in [6.07, 6.45) is 0. The van der Waals surface area contributed by atoms with Crippen molar-refractivity contribution in [2.45, 2.75) is 5.16 Å². The van der Waals surface area contributed by atoms with Crippen LogP contribution in [-0.4, -0.2) is 47.8 Å². The molecule has 0 saturated carbocycles. The molecule has 2 aromatic carbocycles. The van der Waals surface area contributed by atoms with E-state index in [1.165, 1.54) is 18.9 Å². The highest BCUT2D eigenvalue weighted by atomic mass is 32.2. The number of aromatic nitrogens is 3. The lowest BCUT2D eigenvalue weighted by Crippen LogP contribution is -2.06. The van der Waals surface area contributed by atoms with Gasteiger partial charge in [0.1, 0.15) is 11.5 Å². The Morgan fingerprint density at radius 2 is 1.74 bits per heavy atom. The van der Waals surface area contributed by atoms with E-state index in [4.69, 9.17) is 14.2 Å². The Morgan fingerprint density at radius 3 is 2.41 bits per heavy atom. The summed E-state index contributed by atoms with van der Waals surface area (Å²) < 4.78 is 17.3. The van der Waals surface area contributed by atoms with Crippen LogP contribution in [0.2, 0.25) is 0 Å². The van der Waals surface area contributed by atoms with Crippen molar-refractivity contribution in [3.63, 3.8) is 0 Å². The fraction of sp³-hybridized carbons (Fsp3) is 0.211. The van der Waals surface area contributed by atoms with Gasteiger partial charge in [-0.25, -0.2) is 0 Å². The quantitative estimate of drug-likeness (QED) is 0.457. The predicted molar refractivity (Wildman–Crippen MR) is 103 cm³/mol. The third-order valence-corrected chi connectivity index (χ3v) is 4.76. The molecule has 0 spiro atoms.